The van der Waals surface area contributed by atoms with Gasteiger partial charge in [-0.15, -0.1) is 11.3 Å². The number of aliphatic hydroxyl groups is 1. The lowest BCUT2D eigenvalue weighted by Crippen LogP contribution is -2.37. The van der Waals surface area contributed by atoms with Gasteiger partial charge in [-0.05, 0) is 23.9 Å². The lowest BCUT2D eigenvalue weighted by atomic mass is 10.2. The van der Waals surface area contributed by atoms with Gasteiger partial charge in [0.25, 0.3) is 5.91 Å². The molecule has 0 bridgehead atoms. The molecule has 1 unspecified atom stereocenters. The summed E-state index contributed by atoms with van der Waals surface area (Å²) in [4.78, 5) is 12.9. The van der Waals surface area contributed by atoms with Gasteiger partial charge < -0.3 is 10.4 Å². The van der Waals surface area contributed by atoms with E-state index in [1.165, 1.54) is 0 Å². The molecule has 96 valence electrons. The van der Waals surface area contributed by atoms with Crippen molar-refractivity contribution in [1.82, 2.24) is 15.5 Å². The van der Waals surface area contributed by atoms with Crippen LogP contribution < -0.4 is 5.32 Å². The molecule has 1 amide bonds. The Morgan fingerprint density at radius 1 is 1.67 bits per heavy atom. The van der Waals surface area contributed by atoms with E-state index in [1.54, 1.807) is 17.4 Å². The second kappa shape index (κ2) is 5.79. The van der Waals surface area contributed by atoms with Gasteiger partial charge in [0.2, 0.25) is 0 Å². The molecule has 1 atom stereocenters. The molecule has 2 aromatic heterocycles. The molecule has 0 aromatic carbocycles. The van der Waals surface area contributed by atoms with Gasteiger partial charge >= 0.3 is 0 Å². The van der Waals surface area contributed by atoms with E-state index in [9.17, 15) is 4.79 Å². The molecule has 18 heavy (non-hydrogen) atoms. The lowest BCUT2D eigenvalue weighted by Gasteiger charge is -2.12. The van der Waals surface area contributed by atoms with E-state index in [0.717, 1.165) is 10.6 Å². The first-order valence-corrected chi connectivity index (χ1v) is 6.63. The van der Waals surface area contributed by atoms with Crippen LogP contribution in [0.1, 0.15) is 23.8 Å². The van der Waals surface area contributed by atoms with Crippen LogP contribution in [0.25, 0.3) is 10.6 Å². The number of carbonyl (C=O) groups is 1. The first-order valence-electron chi connectivity index (χ1n) is 5.75. The molecule has 0 spiro atoms. The van der Waals surface area contributed by atoms with Gasteiger partial charge in [0.15, 0.2) is 5.69 Å². The van der Waals surface area contributed by atoms with Crippen molar-refractivity contribution in [2.45, 2.75) is 19.4 Å². The van der Waals surface area contributed by atoms with Crippen LogP contribution in [0.15, 0.2) is 23.6 Å². The second-order valence-electron chi connectivity index (χ2n) is 3.91. The molecular weight excluding hydrogens is 250 g/mol. The highest BCUT2D eigenvalue weighted by molar-refractivity contribution is 7.13. The predicted molar refractivity (Wildman–Crippen MR) is 70.5 cm³/mol. The van der Waals surface area contributed by atoms with E-state index >= 15 is 0 Å². The highest BCUT2D eigenvalue weighted by Crippen LogP contribution is 2.22. The molecule has 5 nitrogen and oxygen atoms in total. The zero-order chi connectivity index (χ0) is 13.0. The summed E-state index contributed by atoms with van der Waals surface area (Å²) >= 11 is 1.58. The zero-order valence-corrected chi connectivity index (χ0v) is 10.8. The average molecular weight is 265 g/mol. The number of aromatic amines is 1. The van der Waals surface area contributed by atoms with E-state index in [2.05, 4.69) is 15.5 Å². The highest BCUT2D eigenvalue weighted by Gasteiger charge is 2.15. The molecule has 6 heteroatoms. The number of carbonyl (C=O) groups excluding carboxylic acids is 1. The minimum absolute atomic E-state index is 0.0650. The third-order valence-corrected chi connectivity index (χ3v) is 3.55. The van der Waals surface area contributed by atoms with Crippen LogP contribution in [-0.4, -0.2) is 33.9 Å². The third kappa shape index (κ3) is 2.77. The van der Waals surface area contributed by atoms with Crippen molar-refractivity contribution in [2.75, 3.05) is 6.61 Å². The predicted octanol–water partition coefficient (Wildman–Crippen LogP) is 1.64. The molecule has 0 radical (unpaired) electrons. The Morgan fingerprint density at radius 3 is 3.11 bits per heavy atom. The van der Waals surface area contributed by atoms with Gasteiger partial charge in [0.05, 0.1) is 23.2 Å². The van der Waals surface area contributed by atoms with Gasteiger partial charge in [0.1, 0.15) is 0 Å². The quantitative estimate of drug-likeness (QED) is 0.769. The summed E-state index contributed by atoms with van der Waals surface area (Å²) in [5.74, 6) is -0.269. The first kappa shape index (κ1) is 12.8. The van der Waals surface area contributed by atoms with E-state index < -0.39 is 0 Å². The van der Waals surface area contributed by atoms with Crippen molar-refractivity contribution in [2.24, 2.45) is 0 Å². The zero-order valence-electron chi connectivity index (χ0n) is 10.0. The molecule has 3 N–H and O–H groups in total. The van der Waals surface area contributed by atoms with Gasteiger partial charge in [-0.25, -0.2) is 0 Å². The van der Waals surface area contributed by atoms with Crippen LogP contribution in [0, 0.1) is 0 Å². The Balaban J connectivity index is 2.08. The minimum Gasteiger partial charge on any atom is -0.394 e. The van der Waals surface area contributed by atoms with Crippen LogP contribution >= 0.6 is 11.3 Å². The summed E-state index contributed by atoms with van der Waals surface area (Å²) in [6, 6.07) is 5.40. The van der Waals surface area contributed by atoms with Gasteiger partial charge in [-0.3, -0.25) is 9.89 Å². The van der Waals surface area contributed by atoms with Crippen molar-refractivity contribution in [3.63, 3.8) is 0 Å². The van der Waals surface area contributed by atoms with E-state index in [-0.39, 0.29) is 18.6 Å². The molecule has 2 aromatic rings. The number of aliphatic hydroxyl groups excluding tert-OH is 1. The summed E-state index contributed by atoms with van der Waals surface area (Å²) in [5.41, 5.74) is 1.16. The Labute approximate surface area is 109 Å². The number of nitrogens with zero attached hydrogens (tertiary/aromatic N) is 1. The number of hydrogen-bond acceptors (Lipinski definition) is 4. The minimum atomic E-state index is -0.269. The molecule has 0 saturated carbocycles. The lowest BCUT2D eigenvalue weighted by molar-refractivity contribution is 0.0910. The summed E-state index contributed by atoms with van der Waals surface area (Å²) in [6.45, 7) is 1.84. The van der Waals surface area contributed by atoms with E-state index in [4.69, 9.17) is 5.11 Å². The Kier molecular flexibility index (Phi) is 4.11. The highest BCUT2D eigenvalue weighted by atomic mass is 32.1. The van der Waals surface area contributed by atoms with E-state index in [0.29, 0.717) is 12.1 Å². The standard InChI is InChI=1S/C12H15N3O2S/c1-2-8(7-16)13-12(17)10-6-9(14-15-10)11-4-3-5-18-11/h3-6,8,16H,2,7H2,1H3,(H,13,17)(H,14,15). The Bertz CT molecular complexity index is 503. The molecule has 2 heterocycles. The van der Waals surface area contributed by atoms with Crippen molar-refractivity contribution >= 4 is 17.2 Å². The number of rotatable bonds is 5. The molecule has 2 rings (SSSR count). The fourth-order valence-electron chi connectivity index (χ4n) is 1.53. The average Bonchev–Trinajstić information content (AvgIpc) is 3.04. The van der Waals surface area contributed by atoms with Crippen molar-refractivity contribution in [3.8, 4) is 10.6 Å². The van der Waals surface area contributed by atoms with Crippen molar-refractivity contribution in [1.29, 1.82) is 0 Å². The monoisotopic (exact) mass is 265 g/mol. The summed E-state index contributed by atoms with van der Waals surface area (Å²) in [5, 5.41) is 20.5. The fourth-order valence-corrected chi connectivity index (χ4v) is 2.22. The summed E-state index contributed by atoms with van der Waals surface area (Å²) < 4.78 is 0. The molecule has 0 aliphatic heterocycles. The second-order valence-corrected chi connectivity index (χ2v) is 4.85. The number of nitrogens with one attached hydrogen (secondary N) is 2. The number of thiophene rings is 1. The van der Waals surface area contributed by atoms with E-state index in [1.807, 2.05) is 24.4 Å². The molecule has 0 aliphatic carbocycles. The SMILES string of the molecule is CCC(CO)NC(=O)c1cc(-c2cccs2)[nH]n1. The number of H-pyrrole nitrogens is 1. The first-order chi connectivity index (χ1) is 8.74. The maximum atomic E-state index is 11.9. The van der Waals surface area contributed by atoms with Crippen LogP contribution in [-0.2, 0) is 0 Å². The molecule has 0 aliphatic rings. The largest absolute Gasteiger partial charge is 0.394 e. The molecule has 0 saturated heterocycles. The Hall–Kier alpha value is -1.66. The normalized spacial score (nSPS) is 12.3. The topological polar surface area (TPSA) is 78.0 Å². The maximum absolute atomic E-state index is 11.9. The number of amides is 1. The van der Waals surface area contributed by atoms with Crippen molar-refractivity contribution < 1.29 is 9.90 Å². The third-order valence-electron chi connectivity index (χ3n) is 2.65. The molecule has 0 fully saturated rings. The van der Waals surface area contributed by atoms with Crippen LogP contribution in [0.4, 0.5) is 0 Å². The maximum Gasteiger partial charge on any atom is 0.272 e. The summed E-state index contributed by atoms with van der Waals surface area (Å²) in [6.07, 6.45) is 0.685. The van der Waals surface area contributed by atoms with Crippen LogP contribution in [0.2, 0.25) is 0 Å². The van der Waals surface area contributed by atoms with Gasteiger partial charge in [-0.1, -0.05) is 13.0 Å². The van der Waals surface area contributed by atoms with Crippen LogP contribution in [0.3, 0.4) is 0 Å². The van der Waals surface area contributed by atoms with Gasteiger partial charge in [0, 0.05) is 0 Å². The molecular formula is C12H15N3O2S. The fraction of sp³-hybridized carbons (Fsp3) is 0.333. The summed E-state index contributed by atoms with van der Waals surface area (Å²) in [7, 11) is 0. The number of aromatic nitrogens is 2. The smallest absolute Gasteiger partial charge is 0.272 e. The van der Waals surface area contributed by atoms with Crippen molar-refractivity contribution in [3.05, 3.63) is 29.3 Å². The van der Waals surface area contributed by atoms with Gasteiger partial charge in [-0.2, -0.15) is 5.10 Å². The van der Waals surface area contributed by atoms with Crippen LogP contribution in [0.5, 0.6) is 0 Å². The Morgan fingerprint density at radius 2 is 2.50 bits per heavy atom. The number of hydrogen-bond donors (Lipinski definition) is 3.